The third-order valence-electron chi connectivity index (χ3n) is 6.98. The van der Waals surface area contributed by atoms with E-state index in [1.807, 2.05) is 0 Å². The van der Waals surface area contributed by atoms with Crippen LogP contribution in [0.1, 0.15) is 10.4 Å². The maximum Gasteiger partial charge on any atom is 0.336 e. The van der Waals surface area contributed by atoms with Crippen LogP contribution in [0.5, 0.6) is 5.75 Å². The normalized spacial score (nSPS) is 22.6. The summed E-state index contributed by atoms with van der Waals surface area (Å²) in [4.78, 5) is 27.3. The van der Waals surface area contributed by atoms with Crippen molar-refractivity contribution in [3.05, 3.63) is 70.4 Å². The zero-order chi connectivity index (χ0) is 30.8. The summed E-state index contributed by atoms with van der Waals surface area (Å²) < 4.78 is 16.6. The predicted octanol–water partition coefficient (Wildman–Crippen LogP) is -0.437. The molecule has 2 aliphatic heterocycles. The van der Waals surface area contributed by atoms with Crippen LogP contribution < -0.4 is 15.7 Å². The Kier molecular flexibility index (Phi) is 8.98. The number of fused-ring (bicyclic) bond motifs is 2. The molecule has 226 valence electrons. The summed E-state index contributed by atoms with van der Waals surface area (Å²) >= 11 is 4.35. The Labute approximate surface area is 249 Å². The second kappa shape index (κ2) is 12.7. The molecule has 8 N–H and O–H groups in total. The highest BCUT2D eigenvalue weighted by atomic mass is 32.1. The number of aromatic carboxylic acids is 1. The van der Waals surface area contributed by atoms with Crippen molar-refractivity contribution in [1.29, 1.82) is 0 Å². The molecule has 1 fully saturated rings. The van der Waals surface area contributed by atoms with Gasteiger partial charge in [0, 0.05) is 28.6 Å². The molecule has 1 aliphatic carbocycles. The first kappa shape index (κ1) is 30.4. The summed E-state index contributed by atoms with van der Waals surface area (Å²) in [6.45, 7) is -0.437. The number of aliphatic hydroxyl groups excluding tert-OH is 4. The minimum absolute atomic E-state index is 0.0203. The van der Waals surface area contributed by atoms with E-state index in [4.69, 9.17) is 13.9 Å². The number of rotatable bonds is 8. The van der Waals surface area contributed by atoms with E-state index in [0.29, 0.717) is 27.8 Å². The van der Waals surface area contributed by atoms with Gasteiger partial charge in [-0.2, -0.15) is 0 Å². The van der Waals surface area contributed by atoms with Gasteiger partial charge in [0.1, 0.15) is 53.7 Å². The lowest BCUT2D eigenvalue weighted by molar-refractivity contribution is -0.462. The molecule has 43 heavy (non-hydrogen) atoms. The highest BCUT2D eigenvalue weighted by Gasteiger charge is 2.44. The average Bonchev–Trinajstić information content (AvgIpc) is 2.97. The molecule has 14 heteroatoms. The van der Waals surface area contributed by atoms with Crippen LogP contribution in [0.15, 0.2) is 63.8 Å². The number of anilines is 1. The number of phenolic OH excluding ortho intramolecular Hbond substituents is 1. The van der Waals surface area contributed by atoms with E-state index in [0.717, 1.165) is 0 Å². The van der Waals surface area contributed by atoms with Gasteiger partial charge in [-0.1, -0.05) is 12.6 Å². The average molecular weight is 614 g/mol. The topological polar surface area (TPSA) is 213 Å². The quantitative estimate of drug-likeness (QED) is 0.0407. The van der Waals surface area contributed by atoms with E-state index < -0.39 is 43.3 Å². The lowest BCUT2D eigenvalue weighted by Gasteiger charge is -2.39. The smallest absolute Gasteiger partial charge is 0.336 e. The number of benzene rings is 3. The molecule has 1 saturated heterocycles. The highest BCUT2D eigenvalue weighted by Crippen LogP contribution is 2.42. The maximum absolute atomic E-state index is 12.4. The number of hydrogen-bond donors (Lipinski definition) is 9. The zero-order valence-corrected chi connectivity index (χ0v) is 23.3. The number of aliphatic hydroxyl groups is 4. The van der Waals surface area contributed by atoms with Crippen molar-refractivity contribution < 1.29 is 54.3 Å². The predicted molar refractivity (Wildman–Crippen MR) is 156 cm³/mol. The number of amidine groups is 1. The fraction of sp³-hybridized carbons (Fsp3) is 0.276. The van der Waals surface area contributed by atoms with Crippen LogP contribution in [0, 0.1) is 0 Å². The maximum atomic E-state index is 12.4. The van der Waals surface area contributed by atoms with Gasteiger partial charge in [0.05, 0.1) is 18.8 Å². The molecule has 2 aromatic carbocycles. The lowest BCUT2D eigenvalue weighted by atomic mass is 9.90. The molecular weight excluding hydrogens is 584 g/mol. The number of thiol groups is 1. The second-order valence-electron chi connectivity index (χ2n) is 9.85. The number of nitrogens with one attached hydrogen (secondary N) is 2. The van der Waals surface area contributed by atoms with Crippen LogP contribution in [0.25, 0.3) is 33.4 Å². The van der Waals surface area contributed by atoms with Crippen LogP contribution in [-0.2, 0) is 9.47 Å². The Hall–Kier alpha value is -4.02. The van der Waals surface area contributed by atoms with Crippen molar-refractivity contribution in [2.75, 3.05) is 25.1 Å². The SMILES string of the molecule is O=C(O)c1cc(NC(S)=[NH+]CCO[C@H]2O[C@H](CO)[C@H](O)[C@H](O)[C@H]2O)ccc1-c1c2ccc(=O)cc-2oc2cc(O)ccc12. The van der Waals surface area contributed by atoms with Crippen LogP contribution in [-0.4, -0.2) is 92.2 Å². The summed E-state index contributed by atoms with van der Waals surface area (Å²) in [5.41, 5.74) is 1.71. The van der Waals surface area contributed by atoms with E-state index in [1.165, 1.54) is 30.3 Å². The molecule has 5 atom stereocenters. The fourth-order valence-corrected chi connectivity index (χ4v) is 5.14. The molecule has 3 aliphatic rings. The Morgan fingerprint density at radius 3 is 2.51 bits per heavy atom. The van der Waals surface area contributed by atoms with Gasteiger partial charge >= 0.3 is 11.1 Å². The number of aromatic hydroxyl groups is 1. The molecule has 13 nitrogen and oxygen atoms in total. The van der Waals surface area contributed by atoms with Gasteiger partial charge in [0.15, 0.2) is 11.7 Å². The molecule has 2 heterocycles. The number of carboxylic acids is 1. The third kappa shape index (κ3) is 6.35. The molecule has 0 radical (unpaired) electrons. The standard InChI is InChI=1S/C29H28N2O11S/c32-12-22-24(35)25(36)26(37)28(42-22)40-8-7-30-29(43)31-13-1-4-16(19(9-13)27(38)39)23-17-5-2-14(33)10-20(17)41-21-11-15(34)3-6-18(21)23/h1-6,9-11,22,24-26,28,32-33,35-37H,7-8,12H2,(H,38,39)(H2,30,31,43)/p+1/t22-,24+,25+,26-,28+/m1/s1. The van der Waals surface area contributed by atoms with Crippen molar-refractivity contribution in [1.82, 2.24) is 0 Å². The third-order valence-corrected chi connectivity index (χ3v) is 7.25. The summed E-state index contributed by atoms with van der Waals surface area (Å²) in [6.07, 6.45) is -6.93. The fourth-order valence-electron chi connectivity index (χ4n) is 4.90. The van der Waals surface area contributed by atoms with E-state index in [9.17, 15) is 40.2 Å². The lowest BCUT2D eigenvalue weighted by Crippen LogP contribution is -2.74. The Bertz CT molecular complexity index is 1710. The molecular formula is C29H29N2O11S+. The zero-order valence-electron chi connectivity index (χ0n) is 22.4. The van der Waals surface area contributed by atoms with Gasteiger partial charge in [-0.05, 0) is 48.0 Å². The molecule has 2 aromatic rings. The monoisotopic (exact) mass is 613 g/mol. The second-order valence-corrected chi connectivity index (χ2v) is 10.3. The summed E-state index contributed by atoms with van der Waals surface area (Å²) in [5, 5.41) is 62.9. The van der Waals surface area contributed by atoms with E-state index in [-0.39, 0.29) is 46.4 Å². The Morgan fingerprint density at radius 1 is 1.00 bits per heavy atom. The number of phenols is 1. The van der Waals surface area contributed by atoms with Crippen LogP contribution in [0.3, 0.4) is 0 Å². The molecule has 5 rings (SSSR count). The molecule has 0 bridgehead atoms. The summed E-state index contributed by atoms with van der Waals surface area (Å²) in [6, 6.07) is 13.4. The van der Waals surface area contributed by atoms with Crippen molar-refractivity contribution >= 4 is 40.4 Å². The number of ether oxygens (including phenoxy) is 2. The summed E-state index contributed by atoms with van der Waals surface area (Å²) in [7, 11) is 0. The highest BCUT2D eigenvalue weighted by molar-refractivity contribution is 7.96. The van der Waals surface area contributed by atoms with Gasteiger partial charge in [0.25, 0.3) is 0 Å². The first-order valence-corrected chi connectivity index (χ1v) is 13.6. The van der Waals surface area contributed by atoms with Crippen molar-refractivity contribution in [3.8, 4) is 28.2 Å². The van der Waals surface area contributed by atoms with Gasteiger partial charge < -0.3 is 44.5 Å². The summed E-state index contributed by atoms with van der Waals surface area (Å²) in [5.74, 6) is -1.03. The molecule has 0 saturated carbocycles. The molecule has 0 amide bonds. The van der Waals surface area contributed by atoms with E-state index in [1.54, 1.807) is 24.3 Å². The molecule has 0 unspecified atom stereocenters. The van der Waals surface area contributed by atoms with Crippen molar-refractivity contribution in [2.24, 2.45) is 0 Å². The van der Waals surface area contributed by atoms with Gasteiger partial charge in [-0.3, -0.25) is 9.79 Å². The first-order chi connectivity index (χ1) is 20.6. The Morgan fingerprint density at radius 2 is 1.77 bits per heavy atom. The first-order valence-electron chi connectivity index (χ1n) is 13.1. The van der Waals surface area contributed by atoms with E-state index >= 15 is 0 Å². The van der Waals surface area contributed by atoms with Gasteiger partial charge in [0.2, 0.25) is 0 Å². The number of hydrogen-bond acceptors (Lipinski definition) is 10. The van der Waals surface area contributed by atoms with Crippen LogP contribution >= 0.6 is 12.6 Å². The number of carbonyl (C=O) groups is 1. The number of carboxylic acid groups (broad SMARTS) is 1. The minimum Gasteiger partial charge on any atom is -0.508 e. The van der Waals surface area contributed by atoms with Gasteiger partial charge in [-0.25, -0.2) is 10.1 Å². The van der Waals surface area contributed by atoms with Crippen LogP contribution in [0.4, 0.5) is 5.69 Å². The molecule has 0 aromatic heterocycles. The molecule has 0 spiro atoms. The van der Waals surface area contributed by atoms with Crippen LogP contribution in [0.2, 0.25) is 0 Å². The minimum atomic E-state index is -1.55. The van der Waals surface area contributed by atoms with Gasteiger partial charge in [-0.15, -0.1) is 0 Å². The van der Waals surface area contributed by atoms with E-state index in [2.05, 4.69) is 22.9 Å². The van der Waals surface area contributed by atoms with Crippen molar-refractivity contribution in [2.45, 2.75) is 30.7 Å². The largest absolute Gasteiger partial charge is 0.508 e. The van der Waals surface area contributed by atoms with Crippen molar-refractivity contribution in [3.63, 3.8) is 0 Å². The Balaban J connectivity index is 1.36.